The molecule has 0 radical (unpaired) electrons. The van der Waals surface area contributed by atoms with Gasteiger partial charge in [0.1, 0.15) is 5.82 Å². The lowest BCUT2D eigenvalue weighted by Crippen LogP contribution is -2.13. The third-order valence-corrected chi connectivity index (χ3v) is 4.39. The fraction of sp³-hybridized carbons (Fsp3) is 0.267. The number of amides is 1. The lowest BCUT2D eigenvalue weighted by molar-refractivity contribution is -0.136. The van der Waals surface area contributed by atoms with E-state index in [1.165, 1.54) is 12.1 Å². The molecule has 0 saturated heterocycles. The number of hydrogen-bond acceptors (Lipinski definition) is 3. The Morgan fingerprint density at radius 2 is 2.17 bits per heavy atom. The van der Waals surface area contributed by atoms with Gasteiger partial charge < -0.3 is 10.4 Å². The monoisotopic (exact) mass is 381 g/mol. The number of hydrogen-bond donors (Lipinski definition) is 3. The summed E-state index contributed by atoms with van der Waals surface area (Å²) < 4.78 is 14.4. The van der Waals surface area contributed by atoms with Gasteiger partial charge in [-0.25, -0.2) is 4.39 Å². The van der Waals surface area contributed by atoms with Crippen molar-refractivity contribution in [2.75, 3.05) is 5.32 Å². The number of carbonyl (C=O) groups excluding carboxylic acids is 1. The van der Waals surface area contributed by atoms with Crippen LogP contribution >= 0.6 is 15.9 Å². The molecule has 1 aliphatic carbocycles. The highest BCUT2D eigenvalue weighted by molar-refractivity contribution is 9.10. The van der Waals surface area contributed by atoms with Crippen LogP contribution in [0, 0.1) is 5.82 Å². The third-order valence-electron chi connectivity index (χ3n) is 3.59. The van der Waals surface area contributed by atoms with Crippen molar-refractivity contribution in [3.63, 3.8) is 0 Å². The lowest BCUT2D eigenvalue weighted by Gasteiger charge is -2.06. The minimum atomic E-state index is -1.12. The SMILES string of the molecule is O=C(O)Cc1ccc(NC(=O)c2n[nH]c(C3CC3)c2Br)cc1F. The fourth-order valence-corrected chi connectivity index (χ4v) is 2.94. The number of H-pyrrole nitrogens is 1. The van der Waals surface area contributed by atoms with Crippen molar-refractivity contribution in [2.45, 2.75) is 25.2 Å². The Labute approximate surface area is 139 Å². The topological polar surface area (TPSA) is 95.1 Å². The maximum atomic E-state index is 13.8. The number of carbonyl (C=O) groups is 2. The van der Waals surface area contributed by atoms with E-state index in [2.05, 4.69) is 31.4 Å². The van der Waals surface area contributed by atoms with E-state index in [1.807, 2.05) is 0 Å². The van der Waals surface area contributed by atoms with Gasteiger partial charge in [-0.15, -0.1) is 0 Å². The van der Waals surface area contributed by atoms with Gasteiger partial charge in [0.25, 0.3) is 5.91 Å². The van der Waals surface area contributed by atoms with Crippen molar-refractivity contribution < 1.29 is 19.1 Å². The average molecular weight is 382 g/mol. The predicted molar refractivity (Wildman–Crippen MR) is 84.0 cm³/mol. The predicted octanol–water partition coefficient (Wildman–Crippen LogP) is 3.07. The number of nitrogens with one attached hydrogen (secondary N) is 2. The minimum absolute atomic E-state index is 0.0625. The molecule has 2 aromatic rings. The molecule has 23 heavy (non-hydrogen) atoms. The molecular weight excluding hydrogens is 369 g/mol. The number of aromatic amines is 1. The summed E-state index contributed by atoms with van der Waals surface area (Å²) in [5.41, 5.74) is 1.41. The Morgan fingerprint density at radius 1 is 1.43 bits per heavy atom. The van der Waals surface area contributed by atoms with Gasteiger partial charge in [-0.05, 0) is 46.5 Å². The van der Waals surface area contributed by atoms with Crippen LogP contribution in [0.2, 0.25) is 0 Å². The van der Waals surface area contributed by atoms with Gasteiger partial charge in [-0.3, -0.25) is 14.7 Å². The Hall–Kier alpha value is -2.22. The van der Waals surface area contributed by atoms with Crippen LogP contribution in [-0.4, -0.2) is 27.2 Å². The molecule has 6 nitrogen and oxygen atoms in total. The molecular formula is C15H13BrFN3O3. The molecule has 1 aromatic heterocycles. The molecule has 120 valence electrons. The van der Waals surface area contributed by atoms with Gasteiger partial charge in [-0.1, -0.05) is 6.07 Å². The molecule has 1 aromatic carbocycles. The van der Waals surface area contributed by atoms with Crippen molar-refractivity contribution in [3.05, 3.63) is 45.4 Å². The van der Waals surface area contributed by atoms with E-state index in [0.29, 0.717) is 10.4 Å². The summed E-state index contributed by atoms with van der Waals surface area (Å²) in [6, 6.07) is 3.90. The summed E-state index contributed by atoms with van der Waals surface area (Å²) >= 11 is 3.37. The second kappa shape index (κ2) is 6.11. The largest absolute Gasteiger partial charge is 0.481 e. The van der Waals surface area contributed by atoms with Crippen LogP contribution in [0.3, 0.4) is 0 Å². The van der Waals surface area contributed by atoms with Crippen molar-refractivity contribution in [1.82, 2.24) is 10.2 Å². The molecule has 0 bridgehead atoms. The van der Waals surface area contributed by atoms with Crippen LogP contribution in [0.25, 0.3) is 0 Å². The summed E-state index contributed by atoms with van der Waals surface area (Å²) in [5.74, 6) is -1.85. The first kappa shape index (κ1) is 15.7. The number of carboxylic acids is 1. The molecule has 0 aliphatic heterocycles. The van der Waals surface area contributed by atoms with E-state index < -0.39 is 24.1 Å². The molecule has 1 aliphatic rings. The summed E-state index contributed by atoms with van der Waals surface area (Å²) in [7, 11) is 0. The van der Waals surface area contributed by atoms with Crippen LogP contribution in [0.4, 0.5) is 10.1 Å². The molecule has 1 fully saturated rings. The zero-order valence-corrected chi connectivity index (χ0v) is 13.5. The van der Waals surface area contributed by atoms with E-state index in [0.717, 1.165) is 24.6 Å². The maximum absolute atomic E-state index is 13.8. The lowest BCUT2D eigenvalue weighted by atomic mass is 10.1. The highest BCUT2D eigenvalue weighted by atomic mass is 79.9. The number of nitrogens with zero attached hydrogens (tertiary/aromatic N) is 1. The number of aromatic nitrogens is 2. The van der Waals surface area contributed by atoms with Gasteiger partial charge in [0.2, 0.25) is 0 Å². The van der Waals surface area contributed by atoms with Crippen LogP contribution in [0.1, 0.15) is 40.5 Å². The maximum Gasteiger partial charge on any atom is 0.307 e. The van der Waals surface area contributed by atoms with E-state index in [1.54, 1.807) is 0 Å². The van der Waals surface area contributed by atoms with Gasteiger partial charge in [0, 0.05) is 11.6 Å². The molecule has 1 heterocycles. The smallest absolute Gasteiger partial charge is 0.307 e. The first-order chi connectivity index (χ1) is 11.0. The van der Waals surface area contributed by atoms with Crippen LogP contribution in [-0.2, 0) is 11.2 Å². The van der Waals surface area contributed by atoms with Crippen molar-refractivity contribution in [3.8, 4) is 0 Å². The van der Waals surface area contributed by atoms with Gasteiger partial charge in [0.05, 0.1) is 16.6 Å². The number of anilines is 1. The van der Waals surface area contributed by atoms with E-state index >= 15 is 0 Å². The molecule has 8 heteroatoms. The van der Waals surface area contributed by atoms with Crippen molar-refractivity contribution >= 4 is 33.5 Å². The van der Waals surface area contributed by atoms with Crippen LogP contribution in [0.5, 0.6) is 0 Å². The Balaban J connectivity index is 1.75. The molecule has 0 unspecified atom stereocenters. The Morgan fingerprint density at radius 3 is 2.78 bits per heavy atom. The molecule has 0 atom stereocenters. The number of carboxylic acid groups (broad SMARTS) is 1. The molecule has 3 N–H and O–H groups in total. The first-order valence-electron chi connectivity index (χ1n) is 7.01. The zero-order chi connectivity index (χ0) is 16.6. The average Bonchev–Trinajstić information content (AvgIpc) is 3.24. The molecule has 0 spiro atoms. The van der Waals surface area contributed by atoms with Crippen LogP contribution < -0.4 is 5.32 Å². The summed E-state index contributed by atoms with van der Waals surface area (Å²) in [4.78, 5) is 22.8. The van der Waals surface area contributed by atoms with Gasteiger partial charge >= 0.3 is 5.97 Å². The highest BCUT2D eigenvalue weighted by Crippen LogP contribution is 2.42. The quantitative estimate of drug-likeness (QED) is 0.741. The molecule has 3 rings (SSSR count). The van der Waals surface area contributed by atoms with Crippen molar-refractivity contribution in [1.29, 1.82) is 0 Å². The minimum Gasteiger partial charge on any atom is -0.481 e. The van der Waals surface area contributed by atoms with E-state index in [4.69, 9.17) is 5.11 Å². The Bertz CT molecular complexity index is 786. The molecule has 1 saturated carbocycles. The number of benzene rings is 1. The zero-order valence-electron chi connectivity index (χ0n) is 11.9. The van der Waals surface area contributed by atoms with Crippen LogP contribution in [0.15, 0.2) is 22.7 Å². The third kappa shape index (κ3) is 3.42. The second-order valence-electron chi connectivity index (χ2n) is 5.40. The standard InChI is InChI=1S/C15H13BrFN3O3/c16-12-13(7-1-2-7)19-20-14(12)15(23)18-9-4-3-8(5-11(21)22)10(17)6-9/h3-4,6-7H,1-2,5H2,(H,18,23)(H,19,20)(H,21,22). The highest BCUT2D eigenvalue weighted by Gasteiger charge is 2.30. The summed E-state index contributed by atoms with van der Waals surface area (Å²) in [5, 5.41) is 18.1. The normalized spacial score (nSPS) is 13.8. The first-order valence-corrected chi connectivity index (χ1v) is 7.80. The summed E-state index contributed by atoms with van der Waals surface area (Å²) in [6.07, 6.45) is 1.73. The number of halogens is 2. The summed E-state index contributed by atoms with van der Waals surface area (Å²) in [6.45, 7) is 0. The number of rotatable bonds is 5. The second-order valence-corrected chi connectivity index (χ2v) is 6.20. The van der Waals surface area contributed by atoms with Gasteiger partial charge in [-0.2, -0.15) is 5.10 Å². The van der Waals surface area contributed by atoms with Crippen molar-refractivity contribution in [2.24, 2.45) is 0 Å². The van der Waals surface area contributed by atoms with E-state index in [9.17, 15) is 14.0 Å². The van der Waals surface area contributed by atoms with Gasteiger partial charge in [0.15, 0.2) is 5.69 Å². The Kier molecular flexibility index (Phi) is 4.16. The molecule has 1 amide bonds. The fourth-order valence-electron chi connectivity index (χ4n) is 2.26. The van der Waals surface area contributed by atoms with E-state index in [-0.39, 0.29) is 16.9 Å². The number of aliphatic carboxylic acids is 1.